The molecule has 1 amide bonds. The Labute approximate surface area is 145 Å². The molecule has 0 bridgehead atoms. The molecule has 0 radical (unpaired) electrons. The van der Waals surface area contributed by atoms with E-state index in [1.165, 1.54) is 5.56 Å². The predicted molar refractivity (Wildman–Crippen MR) is 92.2 cm³/mol. The van der Waals surface area contributed by atoms with Gasteiger partial charge >= 0.3 is 0 Å². The van der Waals surface area contributed by atoms with Gasteiger partial charge in [0.05, 0.1) is 6.26 Å². The largest absolute Gasteiger partial charge is 0.459 e. The second kappa shape index (κ2) is 6.20. The van der Waals surface area contributed by atoms with Gasteiger partial charge in [0, 0.05) is 24.6 Å². The number of carbonyl (C=O) groups is 1. The predicted octanol–water partition coefficient (Wildman–Crippen LogP) is 3.97. The third-order valence-corrected chi connectivity index (χ3v) is 4.51. The average Bonchev–Trinajstić information content (AvgIpc) is 3.34. The van der Waals surface area contributed by atoms with Gasteiger partial charge in [-0.3, -0.25) is 4.79 Å². The lowest BCUT2D eigenvalue weighted by molar-refractivity contribution is -0.117. The van der Waals surface area contributed by atoms with E-state index in [1.807, 2.05) is 12.1 Å². The molecule has 1 saturated heterocycles. The number of furan rings is 1. The lowest BCUT2D eigenvalue weighted by Crippen LogP contribution is -2.24. The summed E-state index contributed by atoms with van der Waals surface area (Å²) in [6.45, 7) is 4.84. The van der Waals surface area contributed by atoms with Crippen molar-refractivity contribution in [2.75, 3.05) is 11.4 Å². The van der Waals surface area contributed by atoms with Crippen LogP contribution in [0.4, 0.5) is 5.69 Å². The highest BCUT2D eigenvalue weighted by Gasteiger charge is 2.35. The molecule has 6 heteroatoms. The molecule has 0 saturated carbocycles. The van der Waals surface area contributed by atoms with E-state index in [4.69, 9.17) is 8.94 Å². The Morgan fingerprint density at radius 3 is 2.88 bits per heavy atom. The second-order valence-electron chi connectivity index (χ2n) is 6.59. The fourth-order valence-electron chi connectivity index (χ4n) is 3.08. The van der Waals surface area contributed by atoms with Crippen molar-refractivity contribution in [3.05, 3.63) is 54.0 Å². The molecule has 1 aromatic carbocycles. The standard InChI is InChI=1S/C19H19N3O3/c1-12(2)13-5-3-6-15(9-13)22-11-14(10-17(22)23)18-20-19(25-21-18)16-7-4-8-24-16/h3-9,12,14H,10-11H2,1-2H3. The fourth-order valence-corrected chi connectivity index (χ4v) is 3.08. The number of aromatic nitrogens is 2. The normalized spacial score (nSPS) is 17.6. The lowest BCUT2D eigenvalue weighted by Gasteiger charge is -2.18. The molecule has 0 N–H and O–H groups in total. The van der Waals surface area contributed by atoms with Crippen LogP contribution in [0, 0.1) is 0 Å². The van der Waals surface area contributed by atoms with Gasteiger partial charge in [-0.1, -0.05) is 31.1 Å². The number of amides is 1. The van der Waals surface area contributed by atoms with E-state index in [0.29, 0.717) is 36.4 Å². The zero-order valence-corrected chi connectivity index (χ0v) is 14.2. The van der Waals surface area contributed by atoms with Gasteiger partial charge in [-0.25, -0.2) is 0 Å². The van der Waals surface area contributed by atoms with Gasteiger partial charge in [-0.05, 0) is 35.7 Å². The molecule has 25 heavy (non-hydrogen) atoms. The zero-order valence-electron chi connectivity index (χ0n) is 14.2. The van der Waals surface area contributed by atoms with Crippen molar-refractivity contribution in [3.8, 4) is 11.7 Å². The van der Waals surface area contributed by atoms with Crippen LogP contribution in [0.1, 0.15) is 43.5 Å². The lowest BCUT2D eigenvalue weighted by atomic mass is 10.0. The summed E-state index contributed by atoms with van der Waals surface area (Å²) in [5.41, 5.74) is 2.14. The molecular formula is C19H19N3O3. The van der Waals surface area contributed by atoms with E-state index >= 15 is 0 Å². The SMILES string of the molecule is CC(C)c1cccc(N2CC(c3noc(-c4ccco4)n3)CC2=O)c1. The van der Waals surface area contributed by atoms with E-state index in [2.05, 4.69) is 36.1 Å². The van der Waals surface area contributed by atoms with Crippen molar-refractivity contribution >= 4 is 11.6 Å². The van der Waals surface area contributed by atoms with E-state index in [9.17, 15) is 4.79 Å². The molecule has 3 heterocycles. The summed E-state index contributed by atoms with van der Waals surface area (Å²) < 4.78 is 10.5. The molecule has 2 aromatic heterocycles. The molecule has 1 aliphatic rings. The number of carbonyl (C=O) groups excluding carboxylic acids is 1. The van der Waals surface area contributed by atoms with Crippen molar-refractivity contribution in [2.45, 2.75) is 32.1 Å². The smallest absolute Gasteiger partial charge is 0.293 e. The van der Waals surface area contributed by atoms with Crippen molar-refractivity contribution in [1.29, 1.82) is 0 Å². The maximum atomic E-state index is 12.5. The fraction of sp³-hybridized carbons (Fsp3) is 0.316. The van der Waals surface area contributed by atoms with Gasteiger partial charge in [0.15, 0.2) is 11.6 Å². The van der Waals surface area contributed by atoms with Crippen LogP contribution in [0.15, 0.2) is 51.6 Å². The van der Waals surface area contributed by atoms with Crippen LogP contribution in [-0.4, -0.2) is 22.6 Å². The second-order valence-corrected chi connectivity index (χ2v) is 6.59. The summed E-state index contributed by atoms with van der Waals surface area (Å²) in [5, 5.41) is 4.04. The third-order valence-electron chi connectivity index (χ3n) is 4.51. The van der Waals surface area contributed by atoms with Gasteiger partial charge in [0.2, 0.25) is 5.91 Å². The first-order valence-corrected chi connectivity index (χ1v) is 8.39. The molecule has 0 spiro atoms. The van der Waals surface area contributed by atoms with Crippen molar-refractivity contribution < 1.29 is 13.7 Å². The van der Waals surface area contributed by atoms with Crippen LogP contribution in [0.25, 0.3) is 11.7 Å². The maximum absolute atomic E-state index is 12.5. The highest BCUT2D eigenvalue weighted by Crippen LogP contribution is 2.32. The van der Waals surface area contributed by atoms with E-state index in [0.717, 1.165) is 5.69 Å². The molecule has 1 unspecified atom stereocenters. The van der Waals surface area contributed by atoms with Crippen LogP contribution in [0.2, 0.25) is 0 Å². The van der Waals surface area contributed by atoms with Crippen LogP contribution in [-0.2, 0) is 4.79 Å². The first-order chi connectivity index (χ1) is 12.1. The third kappa shape index (κ3) is 2.95. The molecule has 1 aliphatic heterocycles. The van der Waals surface area contributed by atoms with E-state index < -0.39 is 0 Å². The molecule has 3 aromatic rings. The van der Waals surface area contributed by atoms with Gasteiger partial charge in [0.1, 0.15) is 0 Å². The Morgan fingerprint density at radius 1 is 1.24 bits per heavy atom. The molecule has 6 nitrogen and oxygen atoms in total. The number of hydrogen-bond donors (Lipinski definition) is 0. The van der Waals surface area contributed by atoms with Gasteiger partial charge in [0.25, 0.3) is 5.89 Å². The number of rotatable bonds is 4. The van der Waals surface area contributed by atoms with Gasteiger partial charge in [-0.15, -0.1) is 0 Å². The minimum atomic E-state index is -0.0809. The topological polar surface area (TPSA) is 72.4 Å². The highest BCUT2D eigenvalue weighted by atomic mass is 16.5. The van der Waals surface area contributed by atoms with Crippen LogP contribution < -0.4 is 4.90 Å². The summed E-state index contributed by atoms with van der Waals surface area (Å²) in [7, 11) is 0. The summed E-state index contributed by atoms with van der Waals surface area (Å²) in [6, 6.07) is 11.7. The molecular weight excluding hydrogens is 318 g/mol. The average molecular weight is 337 g/mol. The van der Waals surface area contributed by atoms with E-state index in [-0.39, 0.29) is 11.8 Å². The molecule has 0 aliphatic carbocycles. The Morgan fingerprint density at radius 2 is 2.12 bits per heavy atom. The summed E-state index contributed by atoms with van der Waals surface area (Å²) in [5.74, 6) is 1.83. The summed E-state index contributed by atoms with van der Waals surface area (Å²) in [4.78, 5) is 18.7. The summed E-state index contributed by atoms with van der Waals surface area (Å²) in [6.07, 6.45) is 1.94. The monoisotopic (exact) mass is 337 g/mol. The molecule has 4 rings (SSSR count). The number of benzene rings is 1. The van der Waals surface area contributed by atoms with Gasteiger partial charge in [-0.2, -0.15) is 4.98 Å². The Kier molecular flexibility index (Phi) is 3.87. The van der Waals surface area contributed by atoms with Crippen LogP contribution in [0.3, 0.4) is 0 Å². The molecule has 128 valence electrons. The van der Waals surface area contributed by atoms with Gasteiger partial charge < -0.3 is 13.8 Å². The van der Waals surface area contributed by atoms with Crippen molar-refractivity contribution in [2.24, 2.45) is 0 Å². The van der Waals surface area contributed by atoms with Crippen molar-refractivity contribution in [3.63, 3.8) is 0 Å². The number of hydrogen-bond acceptors (Lipinski definition) is 5. The van der Waals surface area contributed by atoms with Crippen LogP contribution in [0.5, 0.6) is 0 Å². The van der Waals surface area contributed by atoms with Crippen molar-refractivity contribution in [1.82, 2.24) is 10.1 Å². The quantitative estimate of drug-likeness (QED) is 0.720. The highest BCUT2D eigenvalue weighted by molar-refractivity contribution is 5.96. The first-order valence-electron chi connectivity index (χ1n) is 8.39. The summed E-state index contributed by atoms with van der Waals surface area (Å²) >= 11 is 0. The van der Waals surface area contributed by atoms with E-state index in [1.54, 1.807) is 23.3 Å². The Bertz CT molecular complexity index is 883. The molecule has 1 atom stereocenters. The minimum Gasteiger partial charge on any atom is -0.459 e. The maximum Gasteiger partial charge on any atom is 0.293 e. The zero-order chi connectivity index (χ0) is 17.4. The van der Waals surface area contributed by atoms with Crippen LogP contribution >= 0.6 is 0 Å². The molecule has 1 fully saturated rings. The first kappa shape index (κ1) is 15.6. The Balaban J connectivity index is 1.55. The number of nitrogens with zero attached hydrogens (tertiary/aromatic N) is 3. The number of anilines is 1. The Hall–Kier alpha value is -2.89. The minimum absolute atomic E-state index is 0.0789.